The van der Waals surface area contributed by atoms with E-state index in [0.29, 0.717) is 12.8 Å². The summed E-state index contributed by atoms with van der Waals surface area (Å²) in [5.74, 6) is -3.81. The molecule has 0 aromatic heterocycles. The van der Waals surface area contributed by atoms with E-state index in [1.54, 1.807) is 0 Å². The maximum Gasteiger partial charge on any atom is 0.318 e. The van der Waals surface area contributed by atoms with Crippen LogP contribution in [0.4, 0.5) is 0 Å². The molecule has 3 saturated carbocycles. The van der Waals surface area contributed by atoms with Crippen molar-refractivity contribution in [2.75, 3.05) is 20.8 Å². The molecule has 0 amide bonds. The quantitative estimate of drug-likeness (QED) is 0.181. The topological polar surface area (TPSA) is 177 Å². The largest absolute Gasteiger partial charge is 0.498 e. The average Bonchev–Trinajstić information content (AvgIpc) is 3.78. The summed E-state index contributed by atoms with van der Waals surface area (Å²) in [6, 6.07) is 0. The van der Waals surface area contributed by atoms with Gasteiger partial charge in [-0.2, -0.15) is 0 Å². The number of hydrogen-bond donors (Lipinski definition) is 3. The molecule has 16 atom stereocenters. The molecule has 264 valence electrons. The third-order valence-corrected chi connectivity index (χ3v) is 13.7. The molecule has 0 spiro atoms. The van der Waals surface area contributed by atoms with Gasteiger partial charge in [-0.3, -0.25) is 14.3 Å². The molecular formula is C35H46O13. The van der Waals surface area contributed by atoms with Gasteiger partial charge in [0, 0.05) is 18.6 Å². The molecule has 4 heterocycles. The standard InChI is InChI=1S/C35H46O13/c1-15(2)20-9-17-11-32(13-36)19-8-7-16(3)18(19)12-33(17,14-44-35-27(39)24-23(43-6)25(47-35)29(45-24)48-35)34(20,32)30(40)46-28-21(37)10-22(42-5)26(38)31(28,4)41/h9-10,13,15-19,23-29,38-39,41H,7-8,11-12,14H2,1-6H3/t16-,17+,18-,19-,23?,24?,25?,26+,27?,28+,29?,31+,32+,33+,34+,35?/m1/s1. The Labute approximate surface area is 278 Å². The summed E-state index contributed by atoms with van der Waals surface area (Å²) in [4.78, 5) is 42.6. The van der Waals surface area contributed by atoms with Gasteiger partial charge in [-0.1, -0.05) is 38.8 Å². The predicted molar refractivity (Wildman–Crippen MR) is 161 cm³/mol. The Hall–Kier alpha value is -2.23. The summed E-state index contributed by atoms with van der Waals surface area (Å²) in [6.45, 7) is 7.20. The zero-order chi connectivity index (χ0) is 34.3. The van der Waals surface area contributed by atoms with Crippen LogP contribution in [-0.4, -0.2) is 109 Å². The van der Waals surface area contributed by atoms with Crippen molar-refractivity contribution in [1.82, 2.24) is 0 Å². The second kappa shape index (κ2) is 10.4. The number of carbonyl (C=O) groups excluding carboxylic acids is 3. The zero-order valence-electron chi connectivity index (χ0n) is 28.1. The van der Waals surface area contributed by atoms with Crippen LogP contribution in [-0.2, 0) is 47.5 Å². The first-order valence-electron chi connectivity index (χ1n) is 17.1. The van der Waals surface area contributed by atoms with Crippen LogP contribution in [0.1, 0.15) is 53.4 Å². The molecule has 0 radical (unpaired) electrons. The summed E-state index contributed by atoms with van der Waals surface area (Å²) < 4.78 is 41.5. The Morgan fingerprint density at radius 3 is 2.56 bits per heavy atom. The summed E-state index contributed by atoms with van der Waals surface area (Å²) in [7, 11) is 2.78. The van der Waals surface area contributed by atoms with Gasteiger partial charge in [-0.25, -0.2) is 0 Å². The molecule has 7 fully saturated rings. The van der Waals surface area contributed by atoms with E-state index < -0.39 is 82.5 Å². The molecule has 9 rings (SSSR count). The number of esters is 1. The van der Waals surface area contributed by atoms with Crippen molar-refractivity contribution >= 4 is 18.0 Å². The molecule has 8 bridgehead atoms. The molecule has 48 heavy (non-hydrogen) atoms. The molecular weight excluding hydrogens is 628 g/mol. The number of ketones is 1. The zero-order valence-corrected chi connectivity index (χ0v) is 28.1. The number of aldehydes is 1. The van der Waals surface area contributed by atoms with Crippen molar-refractivity contribution < 1.29 is 62.9 Å². The minimum Gasteiger partial charge on any atom is -0.498 e. The maximum absolute atomic E-state index is 15.3. The van der Waals surface area contributed by atoms with Crippen LogP contribution in [0.3, 0.4) is 0 Å². The van der Waals surface area contributed by atoms with Gasteiger partial charge >= 0.3 is 11.9 Å². The monoisotopic (exact) mass is 674 g/mol. The normalized spacial score (nSPS) is 54.0. The van der Waals surface area contributed by atoms with Gasteiger partial charge in [-0.05, 0) is 55.8 Å². The number of ether oxygens (including phenoxy) is 7. The van der Waals surface area contributed by atoms with E-state index in [0.717, 1.165) is 30.8 Å². The van der Waals surface area contributed by atoms with E-state index in [1.165, 1.54) is 21.1 Å². The maximum atomic E-state index is 15.3. The van der Waals surface area contributed by atoms with E-state index in [9.17, 15) is 24.9 Å². The van der Waals surface area contributed by atoms with Gasteiger partial charge in [0.2, 0.25) is 5.78 Å². The molecule has 3 N–H and O–H groups in total. The number of fused-ring (bicyclic) bond motifs is 2. The predicted octanol–water partition coefficient (Wildman–Crippen LogP) is 1.16. The van der Waals surface area contributed by atoms with E-state index >= 15 is 4.79 Å². The molecule has 0 aromatic carbocycles. The molecule has 13 nitrogen and oxygen atoms in total. The lowest BCUT2D eigenvalue weighted by molar-refractivity contribution is -0.448. The summed E-state index contributed by atoms with van der Waals surface area (Å²) in [5.41, 5.74) is -5.31. The van der Waals surface area contributed by atoms with Crippen LogP contribution in [0.5, 0.6) is 0 Å². The SMILES string of the molecule is COC1=CC(=O)[C@H](OC(=O)[C@@]23C(C(C)C)=C[C@H]4C[C@]2(C=O)[C@@H]2CC[C@@H](C)[C@H]2C[C@]43COC23OC4OC(C(OC)C4O2)C3O)[C@@](C)(O)[C@H]1O. The second-order valence-electron chi connectivity index (χ2n) is 16.0. The smallest absolute Gasteiger partial charge is 0.318 e. The molecule has 6 unspecified atom stereocenters. The van der Waals surface area contributed by atoms with Gasteiger partial charge in [0.05, 0.1) is 19.1 Å². The number of hydrogen-bond acceptors (Lipinski definition) is 13. The second-order valence-corrected chi connectivity index (χ2v) is 16.0. The third kappa shape index (κ3) is 3.62. The number of rotatable bonds is 9. The fraction of sp³-hybridized carbons (Fsp3) is 0.800. The Bertz CT molecular complexity index is 1490. The van der Waals surface area contributed by atoms with Gasteiger partial charge in [0.1, 0.15) is 47.5 Å². The highest BCUT2D eigenvalue weighted by Crippen LogP contribution is 2.83. The summed E-state index contributed by atoms with van der Waals surface area (Å²) in [6.07, 6.45) is -0.896. The first-order chi connectivity index (χ1) is 22.7. The van der Waals surface area contributed by atoms with Gasteiger partial charge in [-0.15, -0.1) is 0 Å². The number of carbonyl (C=O) groups is 3. The average molecular weight is 675 g/mol. The molecule has 13 heteroatoms. The highest BCUT2D eigenvalue weighted by atomic mass is 17.0. The first kappa shape index (κ1) is 32.9. The molecule has 5 aliphatic carbocycles. The number of aliphatic hydroxyl groups is 3. The minimum absolute atomic E-state index is 0.0969. The van der Waals surface area contributed by atoms with Gasteiger partial charge in [0.25, 0.3) is 0 Å². The lowest BCUT2D eigenvalue weighted by Crippen LogP contribution is -2.67. The van der Waals surface area contributed by atoms with Gasteiger partial charge in [0.15, 0.2) is 18.5 Å². The van der Waals surface area contributed by atoms with Gasteiger partial charge < -0.3 is 48.5 Å². The van der Waals surface area contributed by atoms with Crippen molar-refractivity contribution in [2.45, 2.75) is 108 Å². The van der Waals surface area contributed by atoms with E-state index in [1.807, 2.05) is 13.8 Å². The van der Waals surface area contributed by atoms with Crippen LogP contribution in [0.15, 0.2) is 23.5 Å². The lowest BCUT2D eigenvalue weighted by Gasteiger charge is -2.59. The molecule has 4 aliphatic heterocycles. The van der Waals surface area contributed by atoms with Crippen LogP contribution in [0.25, 0.3) is 0 Å². The fourth-order valence-corrected chi connectivity index (χ4v) is 11.7. The van der Waals surface area contributed by atoms with E-state index in [4.69, 9.17) is 33.2 Å². The van der Waals surface area contributed by atoms with Crippen LogP contribution >= 0.6 is 0 Å². The molecule has 9 aliphatic rings. The summed E-state index contributed by atoms with van der Waals surface area (Å²) >= 11 is 0. The van der Waals surface area contributed by atoms with E-state index in [2.05, 4.69) is 13.0 Å². The van der Waals surface area contributed by atoms with Crippen molar-refractivity contribution in [1.29, 1.82) is 0 Å². The highest BCUT2D eigenvalue weighted by molar-refractivity contribution is 5.99. The van der Waals surface area contributed by atoms with E-state index in [-0.39, 0.29) is 42.0 Å². The van der Waals surface area contributed by atoms with Crippen LogP contribution < -0.4 is 0 Å². The summed E-state index contributed by atoms with van der Waals surface area (Å²) in [5, 5.41) is 33.8. The number of aliphatic hydroxyl groups excluding tert-OH is 2. The molecule has 4 saturated heterocycles. The Morgan fingerprint density at radius 1 is 1.15 bits per heavy atom. The van der Waals surface area contributed by atoms with Crippen molar-refractivity contribution in [3.05, 3.63) is 23.5 Å². The number of allylic oxidation sites excluding steroid dienone is 1. The Balaban J connectivity index is 1.24. The van der Waals surface area contributed by atoms with Crippen molar-refractivity contribution in [2.24, 2.45) is 45.8 Å². The van der Waals surface area contributed by atoms with Crippen molar-refractivity contribution in [3.8, 4) is 0 Å². The Morgan fingerprint density at radius 2 is 1.90 bits per heavy atom. The highest BCUT2D eigenvalue weighted by Gasteiger charge is 2.85. The van der Waals surface area contributed by atoms with Crippen LogP contribution in [0, 0.1) is 45.8 Å². The van der Waals surface area contributed by atoms with Crippen LogP contribution in [0.2, 0.25) is 0 Å². The first-order valence-corrected chi connectivity index (χ1v) is 17.1. The number of methoxy groups -OCH3 is 2. The van der Waals surface area contributed by atoms with Crippen molar-refractivity contribution in [3.63, 3.8) is 0 Å². The minimum atomic E-state index is -2.22. The fourth-order valence-electron chi connectivity index (χ4n) is 11.7. The Kier molecular flexibility index (Phi) is 7.14. The lowest BCUT2D eigenvalue weighted by atomic mass is 9.43. The molecule has 0 aromatic rings. The third-order valence-electron chi connectivity index (χ3n) is 13.7.